The Morgan fingerprint density at radius 3 is 1.76 bits per heavy atom. The van der Waals surface area contributed by atoms with Crippen LogP contribution in [0.3, 0.4) is 0 Å². The molecule has 2 aliphatic heterocycles. The summed E-state index contributed by atoms with van der Waals surface area (Å²) in [5, 5.41) is 10.4. The Morgan fingerprint density at radius 2 is 1.28 bits per heavy atom. The van der Waals surface area contributed by atoms with Gasteiger partial charge in [-0.25, -0.2) is 9.59 Å². The predicted octanol–water partition coefficient (Wildman–Crippen LogP) is 8.28. The number of hydrogen-bond donors (Lipinski definition) is 1. The second-order valence-electron chi connectivity index (χ2n) is 9.97. The van der Waals surface area contributed by atoms with Crippen LogP contribution in [0.1, 0.15) is 77.8 Å². The first-order valence-electron chi connectivity index (χ1n) is 14.7. The van der Waals surface area contributed by atoms with Crippen molar-refractivity contribution in [3.05, 3.63) is 55.5 Å². The Hall–Kier alpha value is -1.74. The Morgan fingerprint density at radius 1 is 0.783 bits per heavy atom. The van der Waals surface area contributed by atoms with E-state index in [-0.39, 0.29) is 31.7 Å². The molecule has 0 aromatic heterocycles. The number of phenolic OH excluding ortho intramolecular Hbond substituents is 1. The van der Waals surface area contributed by atoms with Crippen molar-refractivity contribution in [1.82, 2.24) is 0 Å². The molecule has 0 saturated carbocycles. The maximum Gasteiger partial charge on any atom is 0.338 e. The molecule has 2 atom stereocenters. The first-order valence-corrected chi connectivity index (χ1v) is 17.4. The Kier molecular flexibility index (Phi) is 21.7. The van der Waals surface area contributed by atoms with E-state index in [4.69, 9.17) is 28.4 Å². The molecule has 13 heteroatoms. The molecule has 2 aromatic rings. The van der Waals surface area contributed by atoms with Crippen LogP contribution in [0.4, 0.5) is 0 Å². The predicted molar refractivity (Wildman–Crippen MR) is 187 cm³/mol. The average molecular weight is 843 g/mol. The number of carbonyl (C=O) groups is 2. The fourth-order valence-corrected chi connectivity index (χ4v) is 5.51. The highest BCUT2D eigenvalue weighted by molar-refractivity contribution is 9.11. The molecule has 0 amide bonds. The lowest BCUT2D eigenvalue weighted by molar-refractivity contribution is -0.165. The summed E-state index contributed by atoms with van der Waals surface area (Å²) in [5.74, 6) is -0.110. The van der Waals surface area contributed by atoms with Gasteiger partial charge in [0, 0.05) is 29.7 Å². The van der Waals surface area contributed by atoms with Crippen molar-refractivity contribution in [3.8, 4) is 11.5 Å². The largest absolute Gasteiger partial charge is 0.506 e. The number of phenols is 1. The monoisotopic (exact) mass is 840 g/mol. The summed E-state index contributed by atoms with van der Waals surface area (Å²) < 4.78 is 38.3. The number of aromatic hydroxyl groups is 1. The zero-order chi connectivity index (χ0) is 33.2. The second-order valence-corrected chi connectivity index (χ2v) is 12.5. The van der Waals surface area contributed by atoms with Crippen molar-refractivity contribution in [2.75, 3.05) is 52.6 Å². The topological polar surface area (TPSA) is 119 Å². The molecule has 4 rings (SSSR count). The quantitative estimate of drug-likeness (QED) is 0.142. The van der Waals surface area contributed by atoms with Crippen LogP contribution in [0.25, 0.3) is 0 Å². The van der Waals surface area contributed by atoms with Crippen molar-refractivity contribution in [1.29, 1.82) is 0 Å². The highest BCUT2D eigenvalue weighted by Gasteiger charge is 2.18. The summed E-state index contributed by atoms with van der Waals surface area (Å²) in [6.45, 7) is 6.71. The number of hydrogen-bond acceptors (Lipinski definition) is 10. The van der Waals surface area contributed by atoms with E-state index in [1.54, 1.807) is 31.2 Å². The minimum atomic E-state index is -0.444. The highest BCUT2D eigenvalue weighted by Crippen LogP contribution is 2.32. The Bertz CT molecular complexity index is 1200. The van der Waals surface area contributed by atoms with Crippen LogP contribution in [0.5, 0.6) is 11.5 Å². The molecule has 2 aliphatic rings. The summed E-state index contributed by atoms with van der Waals surface area (Å²) in [6, 6.07) is 6.70. The number of alkyl halides is 1. The third-order valence-corrected chi connectivity index (χ3v) is 8.43. The fourth-order valence-electron chi connectivity index (χ4n) is 4.35. The third kappa shape index (κ3) is 14.2. The van der Waals surface area contributed by atoms with Gasteiger partial charge >= 0.3 is 11.9 Å². The van der Waals surface area contributed by atoms with E-state index in [9.17, 15) is 14.7 Å². The van der Waals surface area contributed by atoms with Crippen LogP contribution >= 0.6 is 47.8 Å². The van der Waals surface area contributed by atoms with Crippen LogP contribution in [0.2, 0.25) is 0 Å². The smallest absolute Gasteiger partial charge is 0.338 e. The molecular weight excluding hydrogens is 796 g/mol. The van der Waals surface area contributed by atoms with Crippen molar-refractivity contribution in [2.45, 2.75) is 72.4 Å². The Balaban J connectivity index is 0.000000375. The number of halogens is 3. The molecule has 2 heterocycles. The molecule has 1 N–H and O–H groups in total. The number of esters is 2. The average Bonchev–Trinajstić information content (AvgIpc) is 3.07. The first kappa shape index (κ1) is 42.3. The van der Waals surface area contributed by atoms with E-state index < -0.39 is 5.97 Å². The van der Waals surface area contributed by atoms with Crippen molar-refractivity contribution in [2.24, 2.45) is 0 Å². The van der Waals surface area contributed by atoms with Gasteiger partial charge in [0.1, 0.15) is 18.1 Å². The third-order valence-electron chi connectivity index (χ3n) is 6.84. The van der Waals surface area contributed by atoms with Crippen LogP contribution in [0, 0.1) is 13.8 Å². The highest BCUT2D eigenvalue weighted by atomic mass is 79.9. The number of ether oxygens (including phenoxy) is 7. The molecule has 2 unspecified atom stereocenters. The summed E-state index contributed by atoms with van der Waals surface area (Å²) in [6.07, 6.45) is 6.61. The number of carbonyl (C=O) groups excluding carboxylic acids is 2. The zero-order valence-electron chi connectivity index (χ0n) is 26.2. The van der Waals surface area contributed by atoms with Crippen molar-refractivity contribution in [3.63, 3.8) is 0 Å². The number of benzene rings is 2. The van der Waals surface area contributed by atoms with Gasteiger partial charge in [0.25, 0.3) is 0 Å². The van der Waals surface area contributed by atoms with Gasteiger partial charge in [-0.05, 0) is 108 Å². The van der Waals surface area contributed by atoms with Gasteiger partial charge in [-0.2, -0.15) is 0 Å². The lowest BCUT2D eigenvalue weighted by Gasteiger charge is -2.22. The SMILES string of the molecule is BrCCOC1CCCCO1.C.COC(=O)c1ccc(Br)c(O)c1C.COC(=O)c1ccc(Br)c(OCCOC2CCCCO2)c1C. The molecule has 260 valence electrons. The van der Waals surface area contributed by atoms with Gasteiger partial charge in [0.05, 0.1) is 47.5 Å². The molecule has 0 radical (unpaired) electrons. The lowest BCUT2D eigenvalue weighted by Crippen LogP contribution is -2.24. The summed E-state index contributed by atoms with van der Waals surface area (Å²) in [4.78, 5) is 22.8. The maximum atomic E-state index is 11.7. The van der Waals surface area contributed by atoms with E-state index >= 15 is 0 Å². The summed E-state index contributed by atoms with van der Waals surface area (Å²) >= 11 is 9.88. The zero-order valence-corrected chi connectivity index (χ0v) is 31.0. The number of rotatable bonds is 10. The van der Waals surface area contributed by atoms with E-state index in [0.29, 0.717) is 40.1 Å². The molecule has 2 saturated heterocycles. The molecule has 2 fully saturated rings. The molecule has 0 bridgehead atoms. The van der Waals surface area contributed by atoms with Gasteiger partial charge in [-0.1, -0.05) is 23.4 Å². The Labute approximate surface area is 298 Å². The van der Waals surface area contributed by atoms with E-state index in [2.05, 4.69) is 52.5 Å². The van der Waals surface area contributed by atoms with E-state index in [1.165, 1.54) is 27.1 Å². The normalized spacial score (nSPS) is 17.2. The van der Waals surface area contributed by atoms with E-state index in [1.807, 2.05) is 6.92 Å². The molecular formula is C33H47Br3O10. The molecule has 0 aliphatic carbocycles. The second kappa shape index (κ2) is 23.6. The van der Waals surface area contributed by atoms with Gasteiger partial charge in [0.2, 0.25) is 0 Å². The molecule has 10 nitrogen and oxygen atoms in total. The van der Waals surface area contributed by atoms with Gasteiger partial charge in [-0.3, -0.25) is 0 Å². The van der Waals surface area contributed by atoms with Crippen LogP contribution < -0.4 is 4.74 Å². The van der Waals surface area contributed by atoms with Crippen LogP contribution in [-0.2, 0) is 28.4 Å². The lowest BCUT2D eigenvalue weighted by atomic mass is 10.1. The van der Waals surface area contributed by atoms with Crippen LogP contribution in [-0.4, -0.2) is 82.2 Å². The van der Waals surface area contributed by atoms with Gasteiger partial charge in [-0.15, -0.1) is 0 Å². The van der Waals surface area contributed by atoms with Crippen molar-refractivity contribution < 1.29 is 47.9 Å². The molecule has 0 spiro atoms. The minimum Gasteiger partial charge on any atom is -0.506 e. The molecule has 2 aromatic carbocycles. The summed E-state index contributed by atoms with van der Waals surface area (Å²) in [5.41, 5.74) is 2.14. The van der Waals surface area contributed by atoms with Gasteiger partial charge in [0.15, 0.2) is 12.6 Å². The standard InChI is InChI=1S/C16H21BrO5.C9H9BrO3.C7H13BrO2.CH4/c1-11-12(16(18)19-2)6-7-13(17)15(11)22-10-9-21-14-5-3-4-8-20-14;1-5-6(9(12)13-2)3-4-7(10)8(5)11;8-4-6-10-7-3-1-2-5-9-7;/h6-7,14H,3-5,8-10H2,1-2H3;3-4,11H,1-2H3;7H,1-6H2;1H4. The molecule has 46 heavy (non-hydrogen) atoms. The summed E-state index contributed by atoms with van der Waals surface area (Å²) in [7, 11) is 2.67. The van der Waals surface area contributed by atoms with Gasteiger partial charge < -0.3 is 38.3 Å². The minimum absolute atomic E-state index is 0. The van der Waals surface area contributed by atoms with Crippen LogP contribution in [0.15, 0.2) is 33.2 Å². The number of methoxy groups -OCH3 is 2. The maximum absolute atomic E-state index is 11.7. The van der Waals surface area contributed by atoms with Crippen molar-refractivity contribution >= 4 is 59.7 Å². The first-order chi connectivity index (χ1) is 21.6. The fraction of sp³-hybridized carbons (Fsp3) is 0.576. The van der Waals surface area contributed by atoms with E-state index in [0.717, 1.165) is 60.9 Å².